The summed E-state index contributed by atoms with van der Waals surface area (Å²) in [5, 5.41) is 9.57. The third kappa shape index (κ3) is 5.04. The lowest BCUT2D eigenvalue weighted by Crippen LogP contribution is -2.43. The first-order valence-corrected chi connectivity index (χ1v) is 14.2. The Morgan fingerprint density at radius 2 is 1.97 bits per heavy atom. The molecule has 1 saturated carbocycles. The molecule has 0 radical (unpaired) electrons. The lowest BCUT2D eigenvalue weighted by molar-refractivity contribution is -0.130. The van der Waals surface area contributed by atoms with Crippen molar-refractivity contribution in [3.05, 3.63) is 29.8 Å². The Balaban J connectivity index is 1.37. The number of morpholine rings is 1. The highest BCUT2D eigenvalue weighted by atomic mass is 32.2. The van der Waals surface area contributed by atoms with Crippen LogP contribution in [-0.4, -0.2) is 89.6 Å². The second-order valence-electron chi connectivity index (χ2n) is 8.93. The van der Waals surface area contributed by atoms with Crippen molar-refractivity contribution >= 4 is 33.5 Å². The molecule has 1 atom stereocenters. The van der Waals surface area contributed by atoms with E-state index in [9.17, 15) is 13.2 Å². The summed E-state index contributed by atoms with van der Waals surface area (Å²) in [6.45, 7) is 4.80. The summed E-state index contributed by atoms with van der Waals surface area (Å²) in [5.41, 5.74) is 2.08. The monoisotopic (exact) mass is 491 g/mol. The van der Waals surface area contributed by atoms with Gasteiger partial charge < -0.3 is 14.5 Å². The first kappa shape index (κ1) is 22.7. The number of ether oxygens (including phenoxy) is 1. The number of aromatic nitrogens is 3. The smallest absolute Gasteiger partial charge is 0.233 e. The summed E-state index contributed by atoms with van der Waals surface area (Å²) in [7, 11) is -3.05. The highest BCUT2D eigenvalue weighted by Crippen LogP contribution is 2.34. The Morgan fingerprint density at radius 1 is 1.18 bits per heavy atom. The van der Waals surface area contributed by atoms with Crippen molar-refractivity contribution in [2.75, 3.05) is 48.5 Å². The van der Waals surface area contributed by atoms with Gasteiger partial charge in [0.05, 0.1) is 36.2 Å². The maximum absolute atomic E-state index is 13.2. The molecular formula is C22H29N5O4S2. The minimum absolute atomic E-state index is 0.0173. The molecule has 0 unspecified atom stereocenters. The van der Waals surface area contributed by atoms with Crippen molar-refractivity contribution in [1.29, 1.82) is 0 Å². The molecule has 1 aliphatic carbocycles. The van der Waals surface area contributed by atoms with Crippen LogP contribution in [0.25, 0.3) is 5.69 Å². The molecule has 11 heteroatoms. The van der Waals surface area contributed by atoms with Gasteiger partial charge in [0.1, 0.15) is 0 Å². The predicted molar refractivity (Wildman–Crippen MR) is 127 cm³/mol. The average Bonchev–Trinajstić information content (AvgIpc) is 3.43. The fourth-order valence-corrected chi connectivity index (χ4v) is 7.10. The number of hydrogen-bond acceptors (Lipinski definition) is 8. The molecule has 3 fully saturated rings. The number of benzene rings is 1. The van der Waals surface area contributed by atoms with Crippen molar-refractivity contribution in [2.24, 2.45) is 0 Å². The van der Waals surface area contributed by atoms with E-state index in [4.69, 9.17) is 4.74 Å². The summed E-state index contributed by atoms with van der Waals surface area (Å²) >= 11 is 1.36. The van der Waals surface area contributed by atoms with Crippen molar-refractivity contribution in [3.8, 4) is 5.69 Å². The number of rotatable bonds is 7. The van der Waals surface area contributed by atoms with Crippen LogP contribution < -0.4 is 4.90 Å². The van der Waals surface area contributed by atoms with E-state index in [1.54, 1.807) is 0 Å². The lowest BCUT2D eigenvalue weighted by Gasteiger charge is -2.29. The van der Waals surface area contributed by atoms with Crippen molar-refractivity contribution in [3.63, 3.8) is 0 Å². The normalized spacial score (nSPS) is 22.5. The zero-order valence-electron chi connectivity index (χ0n) is 18.7. The van der Waals surface area contributed by atoms with Gasteiger partial charge in [-0.1, -0.05) is 23.9 Å². The maximum Gasteiger partial charge on any atom is 0.233 e. The third-order valence-corrected chi connectivity index (χ3v) is 8.99. The van der Waals surface area contributed by atoms with Gasteiger partial charge in [-0.25, -0.2) is 8.42 Å². The number of aryl methyl sites for hydroxylation is 1. The molecule has 2 saturated heterocycles. The number of hydrogen-bond donors (Lipinski definition) is 0. The molecule has 2 aliphatic heterocycles. The molecule has 0 N–H and O–H groups in total. The van der Waals surface area contributed by atoms with Gasteiger partial charge in [0, 0.05) is 25.2 Å². The number of nitrogens with zero attached hydrogens (tertiary/aromatic N) is 5. The molecule has 3 heterocycles. The molecule has 3 aliphatic rings. The second kappa shape index (κ2) is 9.27. The van der Waals surface area contributed by atoms with Crippen LogP contribution in [0.1, 0.15) is 24.8 Å². The summed E-state index contributed by atoms with van der Waals surface area (Å²) in [6.07, 6.45) is 2.44. The number of carbonyl (C=O) groups is 1. The predicted octanol–water partition coefficient (Wildman–Crippen LogP) is 1.68. The number of sulfone groups is 1. The highest BCUT2D eigenvalue weighted by Gasteiger charge is 2.42. The van der Waals surface area contributed by atoms with Crippen LogP contribution in [-0.2, 0) is 19.4 Å². The van der Waals surface area contributed by atoms with Gasteiger partial charge in [-0.3, -0.25) is 9.36 Å². The van der Waals surface area contributed by atoms with E-state index in [1.807, 2.05) is 34.6 Å². The summed E-state index contributed by atoms with van der Waals surface area (Å²) in [6, 6.07) is 8.12. The molecule has 2 aromatic rings. The number of carbonyl (C=O) groups excluding carboxylic acids is 1. The van der Waals surface area contributed by atoms with E-state index in [-0.39, 0.29) is 35.2 Å². The first-order valence-electron chi connectivity index (χ1n) is 11.4. The van der Waals surface area contributed by atoms with E-state index in [0.717, 1.165) is 43.1 Å². The Kier molecular flexibility index (Phi) is 6.37. The van der Waals surface area contributed by atoms with Crippen LogP contribution >= 0.6 is 11.8 Å². The summed E-state index contributed by atoms with van der Waals surface area (Å²) in [4.78, 5) is 17.2. The van der Waals surface area contributed by atoms with Crippen LogP contribution in [0.15, 0.2) is 29.4 Å². The fourth-order valence-electron chi connectivity index (χ4n) is 4.57. The average molecular weight is 492 g/mol. The topological polar surface area (TPSA) is 97.6 Å². The second-order valence-corrected chi connectivity index (χ2v) is 12.1. The molecular weight excluding hydrogens is 462 g/mol. The van der Waals surface area contributed by atoms with Crippen LogP contribution in [0.2, 0.25) is 0 Å². The van der Waals surface area contributed by atoms with Gasteiger partial charge in [0.2, 0.25) is 11.9 Å². The number of amides is 1. The van der Waals surface area contributed by atoms with Gasteiger partial charge in [0.15, 0.2) is 15.0 Å². The third-order valence-electron chi connectivity index (χ3n) is 6.32. The number of anilines is 1. The molecule has 178 valence electrons. The molecule has 5 rings (SSSR count). The highest BCUT2D eigenvalue weighted by molar-refractivity contribution is 7.99. The van der Waals surface area contributed by atoms with E-state index >= 15 is 0 Å². The quantitative estimate of drug-likeness (QED) is 0.540. The Bertz CT molecular complexity index is 1130. The van der Waals surface area contributed by atoms with Crippen LogP contribution in [0.4, 0.5) is 5.95 Å². The van der Waals surface area contributed by atoms with Crippen LogP contribution in [0.5, 0.6) is 0 Å². The molecule has 1 amide bonds. The van der Waals surface area contributed by atoms with E-state index < -0.39 is 9.84 Å². The van der Waals surface area contributed by atoms with E-state index in [2.05, 4.69) is 21.2 Å². The molecule has 1 aromatic carbocycles. The summed E-state index contributed by atoms with van der Waals surface area (Å²) in [5.74, 6) is 1.20. The van der Waals surface area contributed by atoms with Gasteiger partial charge in [0.25, 0.3) is 0 Å². The Morgan fingerprint density at radius 3 is 2.64 bits per heavy atom. The minimum atomic E-state index is -3.05. The van der Waals surface area contributed by atoms with Gasteiger partial charge in [-0.15, -0.1) is 10.2 Å². The van der Waals surface area contributed by atoms with Gasteiger partial charge in [-0.05, 0) is 43.9 Å². The molecule has 33 heavy (non-hydrogen) atoms. The van der Waals surface area contributed by atoms with E-state index in [1.165, 1.54) is 11.8 Å². The number of thioether (sulfide) groups is 1. The van der Waals surface area contributed by atoms with Gasteiger partial charge in [-0.2, -0.15) is 0 Å². The SMILES string of the molecule is Cc1cccc(-n2c(SCC(=O)N(C3CC3)[C@H]3CCS(=O)(=O)C3)nnc2N2CCOCC2)c1. The lowest BCUT2D eigenvalue weighted by atomic mass is 10.2. The maximum atomic E-state index is 13.2. The zero-order chi connectivity index (χ0) is 23.0. The van der Waals surface area contributed by atoms with E-state index in [0.29, 0.717) is 24.8 Å². The Hall–Kier alpha value is -2.11. The first-order chi connectivity index (χ1) is 15.9. The fraction of sp³-hybridized carbons (Fsp3) is 0.591. The van der Waals surface area contributed by atoms with Crippen molar-refractivity contribution < 1.29 is 17.9 Å². The largest absolute Gasteiger partial charge is 0.378 e. The molecule has 9 nitrogen and oxygen atoms in total. The minimum Gasteiger partial charge on any atom is -0.378 e. The molecule has 0 bridgehead atoms. The van der Waals surface area contributed by atoms with Crippen LogP contribution in [0, 0.1) is 6.92 Å². The van der Waals surface area contributed by atoms with Crippen LogP contribution in [0.3, 0.4) is 0 Å². The van der Waals surface area contributed by atoms with Gasteiger partial charge >= 0.3 is 0 Å². The molecule has 1 aromatic heterocycles. The van der Waals surface area contributed by atoms with Crippen molar-refractivity contribution in [1.82, 2.24) is 19.7 Å². The standard InChI is InChI=1S/C22H29N5O4S2/c1-16-3-2-4-18(13-16)27-21(25-8-10-31-11-9-25)23-24-22(27)32-14-20(28)26(17-5-6-17)19-7-12-33(29,30)15-19/h2-4,13,17,19H,5-12,14-15H2,1H3/t19-/m0/s1. The zero-order valence-corrected chi connectivity index (χ0v) is 20.4. The summed E-state index contributed by atoms with van der Waals surface area (Å²) < 4.78 is 31.5. The Labute approximate surface area is 198 Å². The van der Waals surface area contributed by atoms with Crippen molar-refractivity contribution in [2.45, 2.75) is 43.4 Å². The molecule has 0 spiro atoms.